The molecule has 0 N–H and O–H groups in total. The van der Waals surface area contributed by atoms with Gasteiger partial charge in [0.05, 0.1) is 0 Å². The van der Waals surface area contributed by atoms with Gasteiger partial charge < -0.3 is 24.8 Å². The normalized spacial score (nSPS) is 10.9. The summed E-state index contributed by atoms with van der Waals surface area (Å²) >= 11 is 0. The molecule has 0 spiro atoms. The quantitative estimate of drug-likeness (QED) is 0.365. The van der Waals surface area contributed by atoms with E-state index in [9.17, 15) is 0 Å². The van der Waals surface area contributed by atoms with Crippen molar-refractivity contribution >= 4 is 15.6 Å². The molecule has 135 valence electrons. The Bertz CT molecular complexity index is 567. The number of hydrogen-bond donors (Lipinski definition) is 0. The number of halogens is 2. The Kier molecular flexibility index (Phi) is 17.9. The molecular formula is C21H29Cl2SiZr. The predicted octanol–water partition coefficient (Wildman–Crippen LogP) is -0.326. The fourth-order valence-corrected chi connectivity index (χ4v) is 2.19. The standard InChI is InChI=1S/C14H17.C5H5.C2H7Si.2ClH.Zr/c1-10-7-11-5-6-13(14(2,3)4)9-12(11)8-10;1-2-4-5-3-1;1-3-2;;;/h6-7,9H,8H2,1-4H3;1-5H;3H,1-2H3;2*1H;/q2*-1;;;;+4/p-2. The maximum atomic E-state index is 3.38. The van der Waals surface area contributed by atoms with Crippen LogP contribution in [-0.4, -0.2) is 9.52 Å². The third-order valence-electron chi connectivity index (χ3n) is 3.34. The van der Waals surface area contributed by atoms with Crippen LogP contribution in [0.25, 0.3) is 6.08 Å². The molecule has 1 aliphatic carbocycles. The SMILES string of the molecule is CC1=Cc2[c-]cc(C(C)(C)C)cc2C1.C[SiH]C.[Cl-].[Cl-].[Zr+4].c1cc[cH-]c1. The molecule has 0 bridgehead atoms. The smallest absolute Gasteiger partial charge is 1.00 e. The van der Waals surface area contributed by atoms with Gasteiger partial charge in [-0.3, -0.25) is 0 Å². The second-order valence-corrected chi connectivity index (χ2v) is 7.94. The molecule has 0 fully saturated rings. The van der Waals surface area contributed by atoms with E-state index in [4.69, 9.17) is 0 Å². The van der Waals surface area contributed by atoms with Crippen LogP contribution in [0.4, 0.5) is 0 Å². The Balaban J connectivity index is -0.000000375. The summed E-state index contributed by atoms with van der Waals surface area (Å²) in [6.45, 7) is 13.3. The van der Waals surface area contributed by atoms with Gasteiger partial charge in [-0.1, -0.05) is 40.8 Å². The van der Waals surface area contributed by atoms with Gasteiger partial charge in [0.2, 0.25) is 0 Å². The van der Waals surface area contributed by atoms with Gasteiger partial charge in [-0.2, -0.15) is 18.2 Å². The maximum absolute atomic E-state index is 3.38. The first-order valence-corrected chi connectivity index (χ1v) is 10.3. The Morgan fingerprint density at radius 1 is 1.08 bits per heavy atom. The van der Waals surface area contributed by atoms with Gasteiger partial charge in [0.15, 0.2) is 0 Å². The summed E-state index contributed by atoms with van der Waals surface area (Å²) in [4.78, 5) is 0. The van der Waals surface area contributed by atoms with Crippen LogP contribution in [0.1, 0.15) is 44.4 Å². The van der Waals surface area contributed by atoms with Crippen molar-refractivity contribution in [2.45, 2.75) is 52.6 Å². The second-order valence-electron chi connectivity index (χ2n) is 6.78. The van der Waals surface area contributed by atoms with Gasteiger partial charge in [0.1, 0.15) is 0 Å². The molecule has 0 atom stereocenters. The fraction of sp³-hybridized carbons (Fsp3) is 0.381. The Morgan fingerprint density at radius 2 is 1.60 bits per heavy atom. The minimum absolute atomic E-state index is 0. The van der Waals surface area contributed by atoms with E-state index in [0.717, 1.165) is 15.9 Å². The monoisotopic (exact) mass is 469 g/mol. The largest absolute Gasteiger partial charge is 4.00 e. The molecule has 3 rings (SSSR count). The van der Waals surface area contributed by atoms with Gasteiger partial charge in [-0.25, -0.2) is 12.1 Å². The Labute approximate surface area is 189 Å². The number of benzene rings is 1. The van der Waals surface area contributed by atoms with Crippen LogP contribution in [0.5, 0.6) is 0 Å². The molecule has 0 saturated carbocycles. The zero-order valence-corrected chi connectivity index (χ0v) is 21.3. The first-order valence-electron chi connectivity index (χ1n) is 8.01. The van der Waals surface area contributed by atoms with Crippen LogP contribution in [0, 0.1) is 6.07 Å². The molecule has 25 heavy (non-hydrogen) atoms. The van der Waals surface area contributed by atoms with Crippen LogP contribution in [-0.2, 0) is 38.0 Å². The van der Waals surface area contributed by atoms with Crippen molar-refractivity contribution in [2.24, 2.45) is 0 Å². The second kappa shape index (κ2) is 15.1. The van der Waals surface area contributed by atoms with Crippen LogP contribution < -0.4 is 24.8 Å². The van der Waals surface area contributed by atoms with E-state index < -0.39 is 0 Å². The third-order valence-corrected chi connectivity index (χ3v) is 3.34. The molecule has 0 aromatic heterocycles. The van der Waals surface area contributed by atoms with Crippen molar-refractivity contribution in [3.05, 3.63) is 70.8 Å². The van der Waals surface area contributed by atoms with Gasteiger partial charge >= 0.3 is 26.2 Å². The predicted molar refractivity (Wildman–Crippen MR) is 102 cm³/mol. The summed E-state index contributed by atoms with van der Waals surface area (Å²) < 4.78 is 0. The molecule has 4 heteroatoms. The molecule has 0 nitrogen and oxygen atoms in total. The molecule has 0 unspecified atom stereocenters. The molecule has 0 heterocycles. The van der Waals surface area contributed by atoms with E-state index in [2.05, 4.69) is 65.1 Å². The van der Waals surface area contributed by atoms with Crippen molar-refractivity contribution < 1.29 is 51.0 Å². The summed E-state index contributed by atoms with van der Waals surface area (Å²) in [5.74, 6) is 0. The summed E-state index contributed by atoms with van der Waals surface area (Å²) in [7, 11) is 0.750. The Hall–Kier alpha value is -0.0100. The number of allylic oxidation sites excluding steroid dienone is 1. The minimum atomic E-state index is 0. The van der Waals surface area contributed by atoms with Crippen LogP contribution in [0.3, 0.4) is 0 Å². The summed E-state index contributed by atoms with van der Waals surface area (Å²) in [6.07, 6.45) is 3.34. The average Bonchev–Trinajstić information content (AvgIpc) is 3.09. The van der Waals surface area contributed by atoms with Crippen LogP contribution in [0.2, 0.25) is 13.1 Å². The Morgan fingerprint density at radius 3 is 2.00 bits per heavy atom. The molecule has 0 saturated heterocycles. The molecule has 0 aliphatic heterocycles. The van der Waals surface area contributed by atoms with E-state index in [-0.39, 0.29) is 56.4 Å². The van der Waals surface area contributed by atoms with Crippen LogP contribution >= 0.6 is 0 Å². The summed E-state index contributed by atoms with van der Waals surface area (Å²) in [6, 6.07) is 17.8. The molecule has 2 aromatic rings. The van der Waals surface area contributed by atoms with Crippen molar-refractivity contribution in [3.8, 4) is 0 Å². The van der Waals surface area contributed by atoms with E-state index >= 15 is 0 Å². The van der Waals surface area contributed by atoms with Crippen molar-refractivity contribution in [1.29, 1.82) is 0 Å². The van der Waals surface area contributed by atoms with Crippen molar-refractivity contribution in [3.63, 3.8) is 0 Å². The van der Waals surface area contributed by atoms with Gasteiger partial charge in [-0.15, -0.1) is 46.5 Å². The van der Waals surface area contributed by atoms with Gasteiger partial charge in [0, 0.05) is 9.52 Å². The number of rotatable bonds is 0. The maximum Gasteiger partial charge on any atom is 4.00 e. The molecule has 1 radical (unpaired) electrons. The van der Waals surface area contributed by atoms with Crippen molar-refractivity contribution in [1.82, 2.24) is 0 Å². The minimum Gasteiger partial charge on any atom is -1.00 e. The van der Waals surface area contributed by atoms with E-state index in [1.807, 2.05) is 30.3 Å². The fourth-order valence-electron chi connectivity index (χ4n) is 2.19. The average molecular weight is 472 g/mol. The first-order chi connectivity index (χ1) is 10.4. The summed E-state index contributed by atoms with van der Waals surface area (Å²) in [5, 5.41) is 0. The van der Waals surface area contributed by atoms with E-state index in [1.165, 1.54) is 22.3 Å². The topological polar surface area (TPSA) is 0 Å². The zero-order valence-electron chi connectivity index (χ0n) is 16.2. The number of fused-ring (bicyclic) bond motifs is 1. The first kappa shape index (κ1) is 29.7. The molecular weight excluding hydrogens is 442 g/mol. The number of hydrogen-bond acceptors (Lipinski definition) is 0. The van der Waals surface area contributed by atoms with E-state index in [0.29, 0.717) is 0 Å². The zero-order chi connectivity index (χ0) is 16.6. The summed E-state index contributed by atoms with van der Waals surface area (Å²) in [5.41, 5.74) is 5.80. The third kappa shape index (κ3) is 11.3. The molecule has 1 aliphatic rings. The van der Waals surface area contributed by atoms with Gasteiger partial charge in [0.25, 0.3) is 0 Å². The van der Waals surface area contributed by atoms with E-state index in [1.54, 1.807) is 0 Å². The van der Waals surface area contributed by atoms with Gasteiger partial charge in [-0.05, 0) is 11.8 Å². The van der Waals surface area contributed by atoms with Crippen molar-refractivity contribution in [2.75, 3.05) is 0 Å². The van der Waals surface area contributed by atoms with Crippen LogP contribution in [0.15, 0.2) is 48.0 Å². The molecule has 2 aromatic carbocycles. The molecule has 0 amide bonds.